The molecular formula is C47H32N5S+. The molecule has 4 heterocycles. The molecule has 6 heteroatoms. The van der Waals surface area contributed by atoms with Crippen molar-refractivity contribution in [2.75, 3.05) is 6.54 Å². The van der Waals surface area contributed by atoms with Gasteiger partial charge in [0, 0.05) is 59.8 Å². The van der Waals surface area contributed by atoms with E-state index in [4.69, 9.17) is 15.0 Å². The molecule has 0 bridgehead atoms. The highest BCUT2D eigenvalue weighted by molar-refractivity contribution is 7.25. The van der Waals surface area contributed by atoms with Crippen LogP contribution in [0.2, 0.25) is 0 Å². The molecule has 0 fully saturated rings. The van der Waals surface area contributed by atoms with Gasteiger partial charge in [0.2, 0.25) is 5.95 Å². The van der Waals surface area contributed by atoms with Gasteiger partial charge in [0.1, 0.15) is 5.69 Å². The van der Waals surface area contributed by atoms with Crippen molar-refractivity contribution in [3.8, 4) is 39.9 Å². The Kier molecular flexibility index (Phi) is 6.56. The molecule has 10 aromatic rings. The standard InChI is InChI=1S/C47H32N5S/c1-2-52(32-17-7-4-8-18-32)41-23-13-10-20-34(41)38-28-37-33-19-9-12-22-39(33)51(40(37)29-42(38)52)47-49-45(30-15-5-3-6-16-30)48-46(50-47)31-25-26-36-35-21-11-14-24-43(35)53-44(36)27-31/h3-29H,2H2,1H3/q+1. The number of aromatic nitrogens is 4. The average Bonchev–Trinajstić information content (AvgIpc) is 3.86. The van der Waals surface area contributed by atoms with Crippen molar-refractivity contribution in [1.29, 1.82) is 0 Å². The number of para-hydroxylation sites is 3. The molecular weight excluding hydrogens is 667 g/mol. The van der Waals surface area contributed by atoms with Crippen LogP contribution in [-0.4, -0.2) is 26.1 Å². The van der Waals surface area contributed by atoms with Gasteiger partial charge in [0.15, 0.2) is 23.0 Å². The highest BCUT2D eigenvalue weighted by atomic mass is 32.1. The predicted molar refractivity (Wildman–Crippen MR) is 221 cm³/mol. The first-order chi connectivity index (χ1) is 26.2. The number of nitrogens with zero attached hydrogens (tertiary/aromatic N) is 5. The molecule has 7 aromatic carbocycles. The molecule has 0 radical (unpaired) electrons. The zero-order chi connectivity index (χ0) is 35.1. The molecule has 0 N–H and O–H groups in total. The number of thiophene rings is 1. The average molecular weight is 699 g/mol. The molecule has 1 unspecified atom stereocenters. The molecule has 0 spiro atoms. The molecule has 3 aromatic heterocycles. The first-order valence-electron chi connectivity index (χ1n) is 18.1. The van der Waals surface area contributed by atoms with Gasteiger partial charge < -0.3 is 0 Å². The van der Waals surface area contributed by atoms with Crippen LogP contribution in [0.4, 0.5) is 17.1 Å². The Balaban J connectivity index is 1.20. The number of benzene rings is 7. The summed E-state index contributed by atoms with van der Waals surface area (Å²) in [5.41, 5.74) is 10.4. The van der Waals surface area contributed by atoms with Crippen LogP contribution in [0.3, 0.4) is 0 Å². The van der Waals surface area contributed by atoms with Crippen molar-refractivity contribution < 1.29 is 0 Å². The zero-order valence-corrected chi connectivity index (χ0v) is 29.8. The van der Waals surface area contributed by atoms with Crippen LogP contribution in [-0.2, 0) is 0 Å². The molecule has 1 atom stereocenters. The van der Waals surface area contributed by atoms with Gasteiger partial charge in [-0.25, -0.2) is 9.47 Å². The van der Waals surface area contributed by atoms with Crippen molar-refractivity contribution in [1.82, 2.24) is 24.0 Å². The fourth-order valence-electron chi connectivity index (χ4n) is 8.57. The Hall–Kier alpha value is -6.47. The van der Waals surface area contributed by atoms with Gasteiger partial charge in [-0.3, -0.25) is 4.57 Å². The maximum Gasteiger partial charge on any atom is 0.238 e. The Morgan fingerprint density at radius 1 is 0.491 bits per heavy atom. The summed E-state index contributed by atoms with van der Waals surface area (Å²) in [6, 6.07) is 58.7. The summed E-state index contributed by atoms with van der Waals surface area (Å²) in [7, 11) is 0. The minimum atomic E-state index is 0.598. The lowest BCUT2D eigenvalue weighted by molar-refractivity contribution is 0.557. The summed E-state index contributed by atoms with van der Waals surface area (Å²) in [6.07, 6.45) is 0. The van der Waals surface area contributed by atoms with E-state index in [0.29, 0.717) is 22.1 Å². The van der Waals surface area contributed by atoms with E-state index in [1.54, 1.807) is 11.3 Å². The van der Waals surface area contributed by atoms with Crippen molar-refractivity contribution in [2.45, 2.75) is 6.92 Å². The second-order valence-corrected chi connectivity index (χ2v) is 14.8. The number of fused-ring (bicyclic) bond motifs is 9. The van der Waals surface area contributed by atoms with E-state index in [-0.39, 0.29) is 0 Å². The first-order valence-corrected chi connectivity index (χ1v) is 18.9. The molecule has 0 saturated carbocycles. The minimum absolute atomic E-state index is 0.598. The van der Waals surface area contributed by atoms with Gasteiger partial charge in [-0.2, -0.15) is 9.97 Å². The number of hydrogen-bond acceptors (Lipinski definition) is 4. The monoisotopic (exact) mass is 698 g/mol. The minimum Gasteiger partial charge on any atom is -0.278 e. The molecule has 0 saturated heterocycles. The summed E-state index contributed by atoms with van der Waals surface area (Å²) in [5.74, 6) is 1.89. The van der Waals surface area contributed by atoms with Gasteiger partial charge >= 0.3 is 0 Å². The third-order valence-electron chi connectivity index (χ3n) is 11.0. The van der Waals surface area contributed by atoms with Crippen LogP contribution < -0.4 is 4.48 Å². The second kappa shape index (κ2) is 11.5. The summed E-state index contributed by atoms with van der Waals surface area (Å²) in [5, 5.41) is 4.87. The third-order valence-corrected chi connectivity index (χ3v) is 12.1. The van der Waals surface area contributed by atoms with Crippen LogP contribution in [0, 0.1) is 0 Å². The van der Waals surface area contributed by atoms with E-state index in [9.17, 15) is 0 Å². The topological polar surface area (TPSA) is 43.6 Å². The summed E-state index contributed by atoms with van der Waals surface area (Å²) >= 11 is 1.80. The smallest absolute Gasteiger partial charge is 0.238 e. The van der Waals surface area contributed by atoms with E-state index in [0.717, 1.165) is 28.7 Å². The van der Waals surface area contributed by atoms with Crippen molar-refractivity contribution in [2.24, 2.45) is 0 Å². The maximum absolute atomic E-state index is 5.32. The Labute approximate surface area is 310 Å². The van der Waals surface area contributed by atoms with Crippen LogP contribution in [0.1, 0.15) is 6.92 Å². The van der Waals surface area contributed by atoms with Crippen molar-refractivity contribution >= 4 is 70.4 Å². The van der Waals surface area contributed by atoms with Crippen LogP contribution in [0.25, 0.3) is 81.8 Å². The molecule has 0 aliphatic carbocycles. The Bertz CT molecular complexity index is 3060. The lowest BCUT2D eigenvalue weighted by atomic mass is 10.0. The largest absolute Gasteiger partial charge is 0.278 e. The lowest BCUT2D eigenvalue weighted by Gasteiger charge is -2.33. The van der Waals surface area contributed by atoms with Gasteiger partial charge in [-0.1, -0.05) is 109 Å². The Morgan fingerprint density at radius 3 is 2.00 bits per heavy atom. The van der Waals surface area contributed by atoms with Gasteiger partial charge in [-0.05, 0) is 49.4 Å². The van der Waals surface area contributed by atoms with Crippen LogP contribution in [0.15, 0.2) is 164 Å². The molecule has 250 valence electrons. The van der Waals surface area contributed by atoms with E-state index in [2.05, 4.69) is 157 Å². The first kappa shape index (κ1) is 30.2. The molecule has 1 aliphatic rings. The molecule has 5 nitrogen and oxygen atoms in total. The zero-order valence-electron chi connectivity index (χ0n) is 28.9. The van der Waals surface area contributed by atoms with Crippen LogP contribution >= 0.6 is 11.3 Å². The molecule has 1 aliphatic heterocycles. The predicted octanol–water partition coefficient (Wildman–Crippen LogP) is 12.6. The van der Waals surface area contributed by atoms with Gasteiger partial charge in [0.25, 0.3) is 0 Å². The molecule has 11 rings (SSSR count). The fraction of sp³-hybridized carbons (Fsp3) is 0.0426. The molecule has 0 amide bonds. The number of hydrogen-bond donors (Lipinski definition) is 0. The van der Waals surface area contributed by atoms with Gasteiger partial charge in [0.05, 0.1) is 23.1 Å². The van der Waals surface area contributed by atoms with E-state index < -0.39 is 0 Å². The normalized spacial score (nSPS) is 15.0. The fourth-order valence-corrected chi connectivity index (χ4v) is 9.72. The molecule has 53 heavy (non-hydrogen) atoms. The van der Waals surface area contributed by atoms with Crippen molar-refractivity contribution in [3.63, 3.8) is 0 Å². The van der Waals surface area contributed by atoms with Crippen molar-refractivity contribution in [3.05, 3.63) is 164 Å². The summed E-state index contributed by atoms with van der Waals surface area (Å²) < 4.78 is 5.38. The highest BCUT2D eigenvalue weighted by Crippen LogP contribution is 2.58. The SMILES string of the molecule is CC[N+]1(c2ccccc2)c2ccccc2-c2cc3c4ccccc4n(-c4nc(-c5ccccc5)nc(-c5ccc6c(c5)sc5ccccc56)n4)c3cc21. The second-order valence-electron chi connectivity index (χ2n) is 13.7. The maximum atomic E-state index is 5.32. The lowest BCUT2D eigenvalue weighted by Crippen LogP contribution is -2.36. The van der Waals surface area contributed by atoms with E-state index >= 15 is 0 Å². The third kappa shape index (κ3) is 4.37. The highest BCUT2D eigenvalue weighted by Gasteiger charge is 2.45. The number of rotatable bonds is 5. The van der Waals surface area contributed by atoms with E-state index in [1.807, 2.05) is 18.2 Å². The summed E-state index contributed by atoms with van der Waals surface area (Å²) in [4.78, 5) is 15.7. The van der Waals surface area contributed by atoms with Gasteiger partial charge in [-0.15, -0.1) is 11.3 Å². The summed E-state index contributed by atoms with van der Waals surface area (Å²) in [6.45, 7) is 3.16. The number of quaternary nitrogens is 1. The Morgan fingerprint density at radius 2 is 1.17 bits per heavy atom. The quantitative estimate of drug-likeness (QED) is 0.168. The van der Waals surface area contributed by atoms with Crippen LogP contribution in [0.5, 0.6) is 0 Å². The van der Waals surface area contributed by atoms with E-state index in [1.165, 1.54) is 59.1 Å².